The number of carbonyl (C=O) groups excluding carboxylic acids is 1. The third-order valence-electron chi connectivity index (χ3n) is 3.95. The molecule has 0 unspecified atom stereocenters. The number of hydrogen-bond donors (Lipinski definition) is 0. The molecule has 0 fully saturated rings. The number of hydrogen-bond acceptors (Lipinski definition) is 2. The van der Waals surface area contributed by atoms with Crippen LogP contribution in [0.5, 0.6) is 0 Å². The summed E-state index contributed by atoms with van der Waals surface area (Å²) in [5, 5.41) is 0. The van der Waals surface area contributed by atoms with Crippen molar-refractivity contribution in [1.29, 1.82) is 0 Å². The lowest BCUT2D eigenvalue weighted by molar-refractivity contribution is -0.117. The predicted octanol–water partition coefficient (Wildman–Crippen LogP) is 4.39. The SMILES string of the molecule is C#CCn1c(=NC(=O)Cc2ccc(C)cc2C)sc2cc(Br)ccc21. The highest BCUT2D eigenvalue weighted by Crippen LogP contribution is 2.22. The molecular weight excluding hydrogens is 396 g/mol. The molecule has 3 rings (SSSR count). The summed E-state index contributed by atoms with van der Waals surface area (Å²) < 4.78 is 3.94. The summed E-state index contributed by atoms with van der Waals surface area (Å²) in [6, 6.07) is 12.1. The highest BCUT2D eigenvalue weighted by atomic mass is 79.9. The van der Waals surface area contributed by atoms with E-state index in [4.69, 9.17) is 6.42 Å². The number of halogens is 1. The van der Waals surface area contributed by atoms with Crippen LogP contribution < -0.4 is 4.80 Å². The van der Waals surface area contributed by atoms with Gasteiger partial charge in [0.2, 0.25) is 0 Å². The maximum absolute atomic E-state index is 12.5. The first kappa shape index (κ1) is 17.7. The Hall–Kier alpha value is -2.16. The van der Waals surface area contributed by atoms with Gasteiger partial charge in [-0.05, 0) is 43.2 Å². The van der Waals surface area contributed by atoms with Crippen molar-refractivity contribution in [2.24, 2.45) is 4.99 Å². The summed E-state index contributed by atoms with van der Waals surface area (Å²) in [4.78, 5) is 17.5. The van der Waals surface area contributed by atoms with Gasteiger partial charge in [-0.2, -0.15) is 4.99 Å². The van der Waals surface area contributed by atoms with E-state index in [9.17, 15) is 4.79 Å². The number of terminal acetylenes is 1. The maximum Gasteiger partial charge on any atom is 0.252 e. The predicted molar refractivity (Wildman–Crippen MR) is 107 cm³/mol. The van der Waals surface area contributed by atoms with Crippen LogP contribution in [0.1, 0.15) is 16.7 Å². The Kier molecular flexibility index (Phi) is 5.22. The molecule has 0 atom stereocenters. The molecule has 0 spiro atoms. The Morgan fingerprint density at radius 3 is 2.80 bits per heavy atom. The molecule has 2 aromatic carbocycles. The first-order chi connectivity index (χ1) is 12.0. The molecule has 0 N–H and O–H groups in total. The van der Waals surface area contributed by atoms with Crippen LogP contribution in [0.4, 0.5) is 0 Å². The zero-order valence-electron chi connectivity index (χ0n) is 14.0. The number of rotatable bonds is 3. The van der Waals surface area contributed by atoms with Gasteiger partial charge in [-0.3, -0.25) is 4.79 Å². The minimum absolute atomic E-state index is 0.164. The van der Waals surface area contributed by atoms with E-state index in [0.29, 0.717) is 17.8 Å². The van der Waals surface area contributed by atoms with Gasteiger partial charge in [0.05, 0.1) is 23.2 Å². The first-order valence-corrected chi connectivity index (χ1v) is 9.45. The van der Waals surface area contributed by atoms with Crippen LogP contribution in [-0.4, -0.2) is 10.5 Å². The highest BCUT2D eigenvalue weighted by molar-refractivity contribution is 9.10. The number of carbonyl (C=O) groups is 1. The van der Waals surface area contributed by atoms with Gasteiger partial charge in [-0.25, -0.2) is 0 Å². The van der Waals surface area contributed by atoms with Gasteiger partial charge in [0.15, 0.2) is 4.80 Å². The molecule has 1 heterocycles. The molecule has 5 heteroatoms. The summed E-state index contributed by atoms with van der Waals surface area (Å²) in [6.45, 7) is 4.45. The summed E-state index contributed by atoms with van der Waals surface area (Å²) in [5.41, 5.74) is 4.30. The molecule has 0 saturated carbocycles. The van der Waals surface area contributed by atoms with Crippen LogP contribution in [0.15, 0.2) is 45.9 Å². The summed E-state index contributed by atoms with van der Waals surface area (Å²) >= 11 is 4.95. The van der Waals surface area contributed by atoms with E-state index >= 15 is 0 Å². The molecule has 1 aromatic heterocycles. The largest absolute Gasteiger partial charge is 0.305 e. The zero-order chi connectivity index (χ0) is 18.0. The lowest BCUT2D eigenvalue weighted by Gasteiger charge is -2.04. The van der Waals surface area contributed by atoms with Crippen LogP contribution in [0, 0.1) is 26.2 Å². The Morgan fingerprint density at radius 1 is 1.28 bits per heavy atom. The second kappa shape index (κ2) is 7.38. The van der Waals surface area contributed by atoms with Crippen LogP contribution in [0.3, 0.4) is 0 Å². The van der Waals surface area contributed by atoms with Crippen molar-refractivity contribution in [2.75, 3.05) is 0 Å². The van der Waals surface area contributed by atoms with Gasteiger partial charge < -0.3 is 4.57 Å². The maximum atomic E-state index is 12.5. The van der Waals surface area contributed by atoms with Crippen molar-refractivity contribution in [1.82, 2.24) is 4.57 Å². The van der Waals surface area contributed by atoms with Gasteiger partial charge in [-0.15, -0.1) is 6.42 Å². The van der Waals surface area contributed by atoms with Crippen molar-refractivity contribution in [3.05, 3.63) is 62.4 Å². The first-order valence-electron chi connectivity index (χ1n) is 7.84. The zero-order valence-corrected chi connectivity index (χ0v) is 16.4. The fourth-order valence-electron chi connectivity index (χ4n) is 2.73. The standard InChI is InChI=1S/C20H17BrN2OS/c1-4-9-23-17-8-7-16(21)12-18(17)25-20(23)22-19(24)11-15-6-5-13(2)10-14(15)3/h1,5-8,10,12H,9,11H2,2-3H3. The number of thiazole rings is 1. The molecular formula is C20H17BrN2OS. The molecule has 3 aromatic rings. The van der Waals surface area contributed by atoms with Crippen molar-refractivity contribution in [3.8, 4) is 12.3 Å². The van der Waals surface area contributed by atoms with E-state index in [2.05, 4.69) is 32.9 Å². The highest BCUT2D eigenvalue weighted by Gasteiger charge is 2.09. The van der Waals surface area contributed by atoms with E-state index in [1.807, 2.05) is 48.7 Å². The lowest BCUT2D eigenvalue weighted by atomic mass is 10.0. The minimum atomic E-state index is -0.164. The Labute approximate surface area is 159 Å². The van der Waals surface area contributed by atoms with E-state index in [-0.39, 0.29) is 5.91 Å². The molecule has 0 bridgehead atoms. The fourth-order valence-corrected chi connectivity index (χ4v) is 4.33. The summed E-state index contributed by atoms with van der Waals surface area (Å²) in [6.07, 6.45) is 5.79. The number of aromatic nitrogens is 1. The number of amides is 1. The van der Waals surface area contributed by atoms with Crippen molar-refractivity contribution in [2.45, 2.75) is 26.8 Å². The van der Waals surface area contributed by atoms with Gasteiger partial charge in [0.25, 0.3) is 5.91 Å². The van der Waals surface area contributed by atoms with E-state index < -0.39 is 0 Å². The molecule has 126 valence electrons. The molecule has 25 heavy (non-hydrogen) atoms. The average Bonchev–Trinajstić information content (AvgIpc) is 2.87. The van der Waals surface area contributed by atoms with Crippen molar-refractivity contribution >= 4 is 43.4 Å². The molecule has 0 saturated heterocycles. The smallest absolute Gasteiger partial charge is 0.252 e. The van der Waals surface area contributed by atoms with Crippen LogP contribution in [-0.2, 0) is 17.8 Å². The van der Waals surface area contributed by atoms with E-state index in [1.54, 1.807) is 0 Å². The van der Waals surface area contributed by atoms with Crippen molar-refractivity contribution in [3.63, 3.8) is 0 Å². The molecule has 1 amide bonds. The second-order valence-electron chi connectivity index (χ2n) is 5.90. The molecule has 0 aliphatic carbocycles. The molecule has 0 aliphatic rings. The number of fused-ring (bicyclic) bond motifs is 1. The average molecular weight is 413 g/mol. The fraction of sp³-hybridized carbons (Fsp3) is 0.200. The number of nitrogens with zero attached hydrogens (tertiary/aromatic N) is 2. The topological polar surface area (TPSA) is 34.4 Å². The molecule has 3 nitrogen and oxygen atoms in total. The van der Waals surface area contributed by atoms with Crippen LogP contribution >= 0.6 is 27.3 Å². The van der Waals surface area contributed by atoms with Crippen LogP contribution in [0.2, 0.25) is 0 Å². The van der Waals surface area contributed by atoms with Gasteiger partial charge in [0.1, 0.15) is 0 Å². The van der Waals surface area contributed by atoms with E-state index in [0.717, 1.165) is 25.8 Å². The molecule has 0 aliphatic heterocycles. The van der Waals surface area contributed by atoms with Gasteiger partial charge in [0, 0.05) is 4.47 Å². The third kappa shape index (κ3) is 3.92. The van der Waals surface area contributed by atoms with Crippen molar-refractivity contribution < 1.29 is 4.79 Å². The van der Waals surface area contributed by atoms with Crippen LogP contribution in [0.25, 0.3) is 10.2 Å². The normalized spacial score (nSPS) is 11.7. The quantitative estimate of drug-likeness (QED) is 0.587. The monoisotopic (exact) mass is 412 g/mol. The Balaban J connectivity index is 2.01. The Morgan fingerprint density at radius 2 is 2.08 bits per heavy atom. The second-order valence-corrected chi connectivity index (χ2v) is 7.82. The van der Waals surface area contributed by atoms with Gasteiger partial charge >= 0.3 is 0 Å². The third-order valence-corrected chi connectivity index (χ3v) is 5.49. The Bertz CT molecular complexity index is 1070. The van der Waals surface area contributed by atoms with E-state index in [1.165, 1.54) is 16.9 Å². The van der Waals surface area contributed by atoms with Gasteiger partial charge in [-0.1, -0.05) is 56.9 Å². The lowest BCUT2D eigenvalue weighted by Crippen LogP contribution is -2.17. The number of benzene rings is 2. The minimum Gasteiger partial charge on any atom is -0.305 e. The summed E-state index contributed by atoms with van der Waals surface area (Å²) in [7, 11) is 0. The number of aryl methyl sites for hydroxylation is 2. The molecule has 0 radical (unpaired) electrons. The summed E-state index contributed by atoms with van der Waals surface area (Å²) in [5.74, 6) is 2.48.